The third-order valence-corrected chi connectivity index (χ3v) is 12.0. The molecule has 2 heterocycles. The van der Waals surface area contributed by atoms with Crippen molar-refractivity contribution in [1.82, 2.24) is 0 Å². The third-order valence-electron chi connectivity index (χ3n) is 12.0. The Morgan fingerprint density at radius 2 is 1.76 bits per heavy atom. The summed E-state index contributed by atoms with van der Waals surface area (Å²) in [6, 6.07) is 0. The highest BCUT2D eigenvalue weighted by Crippen LogP contribution is 2.71. The summed E-state index contributed by atoms with van der Waals surface area (Å²) in [7, 11) is 0. The van der Waals surface area contributed by atoms with E-state index in [-0.39, 0.29) is 46.4 Å². The minimum atomic E-state index is -0.497. The van der Waals surface area contributed by atoms with Gasteiger partial charge in [-0.1, -0.05) is 20.8 Å². The van der Waals surface area contributed by atoms with Crippen molar-refractivity contribution < 1.29 is 23.8 Å². The molecule has 0 aromatic heterocycles. The highest BCUT2D eigenvalue weighted by molar-refractivity contribution is 5.87. The van der Waals surface area contributed by atoms with E-state index in [1.807, 2.05) is 0 Å². The molecule has 6 fully saturated rings. The lowest BCUT2D eigenvalue weighted by Crippen LogP contribution is -2.58. The van der Waals surface area contributed by atoms with Gasteiger partial charge in [0.15, 0.2) is 5.79 Å². The van der Waals surface area contributed by atoms with Crippen molar-refractivity contribution in [3.63, 3.8) is 0 Å². The van der Waals surface area contributed by atoms with Crippen LogP contribution in [0.25, 0.3) is 0 Å². The van der Waals surface area contributed by atoms with Gasteiger partial charge in [0, 0.05) is 37.0 Å². The molecule has 11 atom stereocenters. The predicted molar refractivity (Wildman–Crippen MR) is 128 cm³/mol. The molecular weight excluding hydrogens is 428 g/mol. The Labute approximate surface area is 205 Å². The highest BCUT2D eigenvalue weighted by Gasteiger charge is 2.72. The molecular formula is C29H44O5. The molecule has 190 valence electrons. The Morgan fingerprint density at radius 3 is 2.44 bits per heavy atom. The Morgan fingerprint density at radius 1 is 1.00 bits per heavy atom. The van der Waals surface area contributed by atoms with E-state index in [1.165, 1.54) is 19.8 Å². The Kier molecular flexibility index (Phi) is 5.04. The van der Waals surface area contributed by atoms with E-state index in [0.29, 0.717) is 29.5 Å². The number of carbonyl (C=O) groups is 2. The molecule has 34 heavy (non-hydrogen) atoms. The molecule has 2 aliphatic heterocycles. The van der Waals surface area contributed by atoms with Crippen LogP contribution < -0.4 is 0 Å². The maximum absolute atomic E-state index is 14.1. The number of ketones is 1. The van der Waals surface area contributed by atoms with Gasteiger partial charge >= 0.3 is 5.97 Å². The molecule has 1 spiro atoms. The van der Waals surface area contributed by atoms with Gasteiger partial charge in [-0.2, -0.15) is 0 Å². The average molecular weight is 473 g/mol. The van der Waals surface area contributed by atoms with Crippen molar-refractivity contribution in [2.75, 3.05) is 0 Å². The van der Waals surface area contributed by atoms with Crippen molar-refractivity contribution in [3.8, 4) is 0 Å². The number of hydrogen-bond acceptors (Lipinski definition) is 5. The van der Waals surface area contributed by atoms with E-state index in [2.05, 4.69) is 34.6 Å². The minimum Gasteiger partial charge on any atom is -0.463 e. The predicted octanol–water partition coefficient (Wildman–Crippen LogP) is 5.69. The van der Waals surface area contributed by atoms with Gasteiger partial charge in [-0.15, -0.1) is 0 Å². The summed E-state index contributed by atoms with van der Waals surface area (Å²) in [6.07, 6.45) is 9.27. The largest absolute Gasteiger partial charge is 0.463 e. The minimum absolute atomic E-state index is 0.0589. The second-order valence-corrected chi connectivity index (χ2v) is 14.0. The van der Waals surface area contributed by atoms with Gasteiger partial charge in [0.25, 0.3) is 0 Å². The van der Waals surface area contributed by atoms with E-state index in [9.17, 15) is 9.59 Å². The zero-order valence-electron chi connectivity index (χ0n) is 22.0. The number of carbonyl (C=O) groups excluding carboxylic acids is 2. The van der Waals surface area contributed by atoms with Crippen LogP contribution in [-0.4, -0.2) is 35.3 Å². The number of esters is 1. The van der Waals surface area contributed by atoms with Crippen LogP contribution in [0.3, 0.4) is 0 Å². The number of rotatable bonds is 1. The van der Waals surface area contributed by atoms with E-state index in [1.54, 1.807) is 0 Å². The van der Waals surface area contributed by atoms with Gasteiger partial charge < -0.3 is 14.2 Å². The van der Waals surface area contributed by atoms with Crippen LogP contribution in [0.5, 0.6) is 0 Å². The molecule has 0 amide bonds. The molecule has 6 aliphatic rings. The molecule has 0 radical (unpaired) electrons. The van der Waals surface area contributed by atoms with E-state index >= 15 is 0 Å². The first-order valence-corrected chi connectivity index (χ1v) is 14.0. The van der Waals surface area contributed by atoms with Crippen molar-refractivity contribution in [2.45, 2.75) is 123 Å². The first-order valence-electron chi connectivity index (χ1n) is 14.0. The van der Waals surface area contributed by atoms with Crippen LogP contribution in [0.2, 0.25) is 0 Å². The summed E-state index contributed by atoms with van der Waals surface area (Å²) in [5.74, 6) is 2.38. The standard InChI is InChI=1S/C29H44O5/c1-16-25-23(33-29(16)12-11-26(3,4)34-29)14-22-20-8-7-18-13-19(32-17(2)30)9-10-27(18,5)21(20)15-24(31)28(22,25)6/h16,18-23,25H,7-15H2,1-6H3/t16-,18-,19-,20+,21-,22-,23-,25-,27-,28+,29-/m0/s1. The molecule has 0 N–H and O–H groups in total. The van der Waals surface area contributed by atoms with Crippen LogP contribution in [0, 0.1) is 46.3 Å². The van der Waals surface area contributed by atoms with Gasteiger partial charge in [0.1, 0.15) is 11.9 Å². The Bertz CT molecular complexity index is 897. The summed E-state index contributed by atoms with van der Waals surface area (Å²) in [4.78, 5) is 25.7. The second-order valence-electron chi connectivity index (χ2n) is 14.0. The van der Waals surface area contributed by atoms with Crippen molar-refractivity contribution in [1.29, 1.82) is 0 Å². The zero-order valence-corrected chi connectivity index (χ0v) is 22.0. The number of hydrogen-bond donors (Lipinski definition) is 0. The number of ether oxygens (including phenoxy) is 3. The lowest BCUT2D eigenvalue weighted by molar-refractivity contribution is -0.253. The fourth-order valence-corrected chi connectivity index (χ4v) is 10.4. The third kappa shape index (κ3) is 3.04. The van der Waals surface area contributed by atoms with Crippen LogP contribution in [0.4, 0.5) is 0 Å². The topological polar surface area (TPSA) is 61.8 Å². The van der Waals surface area contributed by atoms with Gasteiger partial charge in [0.2, 0.25) is 0 Å². The lowest BCUT2D eigenvalue weighted by atomic mass is 9.44. The van der Waals surface area contributed by atoms with Crippen LogP contribution in [-0.2, 0) is 23.8 Å². The van der Waals surface area contributed by atoms with Gasteiger partial charge in [-0.25, -0.2) is 0 Å². The molecule has 5 heteroatoms. The molecule has 0 bridgehead atoms. The zero-order chi connectivity index (χ0) is 24.3. The fraction of sp³-hybridized carbons (Fsp3) is 0.931. The highest BCUT2D eigenvalue weighted by atomic mass is 16.7. The molecule has 5 nitrogen and oxygen atoms in total. The summed E-state index contributed by atoms with van der Waals surface area (Å²) in [5, 5.41) is 0. The average Bonchev–Trinajstić information content (AvgIpc) is 3.32. The lowest BCUT2D eigenvalue weighted by Gasteiger charge is -2.60. The maximum atomic E-state index is 14.1. The van der Waals surface area contributed by atoms with Gasteiger partial charge in [0.05, 0.1) is 11.7 Å². The maximum Gasteiger partial charge on any atom is 0.302 e. The van der Waals surface area contributed by atoms with Gasteiger partial charge in [-0.3, -0.25) is 9.59 Å². The first-order chi connectivity index (χ1) is 15.9. The summed E-state index contributed by atoms with van der Waals surface area (Å²) in [6.45, 7) is 12.9. The van der Waals surface area contributed by atoms with E-state index < -0.39 is 5.79 Å². The molecule has 0 aromatic rings. The summed E-state index contributed by atoms with van der Waals surface area (Å²) < 4.78 is 19.0. The summed E-state index contributed by atoms with van der Waals surface area (Å²) in [5.41, 5.74) is -0.254. The normalized spacial score (nSPS) is 55.4. The fourth-order valence-electron chi connectivity index (χ4n) is 10.4. The molecule has 4 saturated carbocycles. The van der Waals surface area contributed by atoms with Gasteiger partial charge in [-0.05, 0) is 87.9 Å². The van der Waals surface area contributed by atoms with Crippen LogP contribution >= 0.6 is 0 Å². The molecule has 2 saturated heterocycles. The molecule has 4 aliphatic carbocycles. The molecule has 6 rings (SSSR count). The van der Waals surface area contributed by atoms with E-state index in [0.717, 1.165) is 44.9 Å². The SMILES string of the molecule is CC(=O)O[C@H]1CC[C@@]2(C)[C@@H](CC[C@@H]3[C@@H]2CC(=O)[C@]2(C)[C@@H]4[C@H](C[C@@H]32)O[C@]2(CCC(C)(C)O2)[C@H]4C)C1. The van der Waals surface area contributed by atoms with Crippen LogP contribution in [0.1, 0.15) is 99.3 Å². The monoisotopic (exact) mass is 472 g/mol. The van der Waals surface area contributed by atoms with Crippen molar-refractivity contribution in [2.24, 2.45) is 46.3 Å². The quantitative estimate of drug-likeness (QED) is 0.459. The number of fused-ring (bicyclic) bond motifs is 7. The Hall–Kier alpha value is -0.940. The van der Waals surface area contributed by atoms with Crippen molar-refractivity contribution >= 4 is 11.8 Å². The Balaban J connectivity index is 1.26. The molecule has 0 unspecified atom stereocenters. The smallest absolute Gasteiger partial charge is 0.302 e. The second kappa shape index (κ2) is 7.31. The summed E-state index contributed by atoms with van der Waals surface area (Å²) >= 11 is 0. The molecule has 0 aromatic carbocycles. The van der Waals surface area contributed by atoms with Crippen LogP contribution in [0.15, 0.2) is 0 Å². The van der Waals surface area contributed by atoms with E-state index in [4.69, 9.17) is 14.2 Å². The number of Topliss-reactive ketones (excluding diaryl/α,β-unsaturated/α-hetero) is 1. The first kappa shape index (κ1) is 23.5. The van der Waals surface area contributed by atoms with Crippen molar-refractivity contribution in [3.05, 3.63) is 0 Å².